The predicted molar refractivity (Wildman–Crippen MR) is 73.8 cm³/mol. The summed E-state index contributed by atoms with van der Waals surface area (Å²) < 4.78 is 2.17. The van der Waals surface area contributed by atoms with Gasteiger partial charge < -0.3 is 10.3 Å². The van der Waals surface area contributed by atoms with Crippen molar-refractivity contribution in [2.45, 2.75) is 32.4 Å². The van der Waals surface area contributed by atoms with E-state index >= 15 is 0 Å². The lowest BCUT2D eigenvalue weighted by Crippen LogP contribution is -2.40. The molecule has 0 radical (unpaired) electrons. The third kappa shape index (κ3) is 2.77. The van der Waals surface area contributed by atoms with Gasteiger partial charge in [-0.3, -0.25) is 10.0 Å². The number of nitrogens with two attached hydrogens (primary N) is 1. The number of hydroxylamine groups is 1. The summed E-state index contributed by atoms with van der Waals surface area (Å²) in [5.41, 5.74) is 9.52. The largest absolute Gasteiger partial charge is 0.347 e. The van der Waals surface area contributed by atoms with Gasteiger partial charge in [0.1, 0.15) is 0 Å². The van der Waals surface area contributed by atoms with Gasteiger partial charge in [-0.05, 0) is 24.5 Å². The summed E-state index contributed by atoms with van der Waals surface area (Å²) >= 11 is 0. The van der Waals surface area contributed by atoms with Crippen LogP contribution in [-0.2, 0) is 17.8 Å². The van der Waals surface area contributed by atoms with Gasteiger partial charge in [-0.1, -0.05) is 25.1 Å². The van der Waals surface area contributed by atoms with Crippen molar-refractivity contribution in [1.29, 1.82) is 0 Å². The summed E-state index contributed by atoms with van der Waals surface area (Å²) in [5.74, 6) is -0.563. The zero-order valence-electron chi connectivity index (χ0n) is 11.0. The highest BCUT2D eigenvalue weighted by Crippen LogP contribution is 2.22. The van der Waals surface area contributed by atoms with Crippen LogP contribution in [-0.4, -0.2) is 21.7 Å². The molecule has 1 aromatic heterocycles. The third-order valence-electron chi connectivity index (χ3n) is 3.22. The molecule has 0 aliphatic heterocycles. The van der Waals surface area contributed by atoms with Gasteiger partial charge in [0.15, 0.2) is 0 Å². The molecule has 5 nitrogen and oxygen atoms in total. The molecule has 0 saturated heterocycles. The molecule has 0 fully saturated rings. The number of hydrogen-bond acceptors (Lipinski definition) is 3. The van der Waals surface area contributed by atoms with Crippen LogP contribution in [0.5, 0.6) is 0 Å². The Morgan fingerprint density at radius 1 is 1.47 bits per heavy atom. The number of amides is 1. The third-order valence-corrected chi connectivity index (χ3v) is 3.22. The molecule has 0 unspecified atom stereocenters. The van der Waals surface area contributed by atoms with E-state index in [-0.39, 0.29) is 0 Å². The first kappa shape index (κ1) is 13.6. The van der Waals surface area contributed by atoms with Crippen molar-refractivity contribution in [3.05, 3.63) is 36.0 Å². The Kier molecular flexibility index (Phi) is 4.19. The van der Waals surface area contributed by atoms with Gasteiger partial charge in [-0.2, -0.15) is 0 Å². The molecule has 0 aliphatic carbocycles. The second-order valence-electron chi connectivity index (χ2n) is 4.65. The number of carbonyl (C=O) groups excluding carboxylic acids is 1. The monoisotopic (exact) mass is 261 g/mol. The fourth-order valence-electron chi connectivity index (χ4n) is 2.32. The summed E-state index contributed by atoms with van der Waals surface area (Å²) in [7, 11) is 0. The standard InChI is InChI=1S/C14H19N3O2/c1-2-7-17-9-10(8-12(15)14(18)16-19)11-5-3-4-6-13(11)17/h3-6,9,12,19H,2,7-8,15H2,1H3,(H,16,18)/t12-/m0/s1. The van der Waals surface area contributed by atoms with Crippen LogP contribution in [0.25, 0.3) is 10.9 Å². The van der Waals surface area contributed by atoms with Crippen molar-refractivity contribution in [3.63, 3.8) is 0 Å². The molecule has 0 spiro atoms. The summed E-state index contributed by atoms with van der Waals surface area (Å²) in [6.45, 7) is 3.06. The fourth-order valence-corrected chi connectivity index (χ4v) is 2.32. The number of benzene rings is 1. The van der Waals surface area contributed by atoms with Crippen LogP contribution >= 0.6 is 0 Å². The molecule has 1 atom stereocenters. The number of rotatable bonds is 5. The SMILES string of the molecule is CCCn1cc(C[C@H](N)C(=O)NO)c2ccccc21. The van der Waals surface area contributed by atoms with E-state index in [4.69, 9.17) is 10.9 Å². The number of fused-ring (bicyclic) bond motifs is 1. The molecule has 0 aliphatic rings. The molecular formula is C14H19N3O2. The number of hydrogen-bond donors (Lipinski definition) is 3. The first-order valence-electron chi connectivity index (χ1n) is 6.43. The molecule has 0 saturated carbocycles. The van der Waals surface area contributed by atoms with E-state index in [0.717, 1.165) is 29.4 Å². The lowest BCUT2D eigenvalue weighted by molar-refractivity contribution is -0.130. The van der Waals surface area contributed by atoms with Crippen LogP contribution < -0.4 is 11.2 Å². The number of aromatic nitrogens is 1. The minimum atomic E-state index is -0.745. The average molecular weight is 261 g/mol. The molecule has 1 aromatic carbocycles. The van der Waals surface area contributed by atoms with Crippen LogP contribution in [0, 0.1) is 0 Å². The van der Waals surface area contributed by atoms with Crippen LogP contribution in [0.1, 0.15) is 18.9 Å². The van der Waals surface area contributed by atoms with Crippen LogP contribution in [0.15, 0.2) is 30.5 Å². The highest BCUT2D eigenvalue weighted by Gasteiger charge is 2.16. The Bertz CT molecular complexity index is 577. The molecule has 2 rings (SSSR count). The number of nitrogens with zero attached hydrogens (tertiary/aromatic N) is 1. The number of para-hydroxylation sites is 1. The molecule has 19 heavy (non-hydrogen) atoms. The van der Waals surface area contributed by atoms with Gasteiger partial charge in [0, 0.05) is 23.6 Å². The van der Waals surface area contributed by atoms with Gasteiger partial charge >= 0.3 is 0 Å². The lowest BCUT2D eigenvalue weighted by atomic mass is 10.1. The van der Waals surface area contributed by atoms with Crippen molar-refractivity contribution < 1.29 is 10.0 Å². The van der Waals surface area contributed by atoms with E-state index in [0.29, 0.717) is 6.42 Å². The second kappa shape index (κ2) is 5.86. The van der Waals surface area contributed by atoms with E-state index < -0.39 is 11.9 Å². The fraction of sp³-hybridized carbons (Fsp3) is 0.357. The highest BCUT2D eigenvalue weighted by atomic mass is 16.5. The first-order valence-corrected chi connectivity index (χ1v) is 6.43. The summed E-state index contributed by atoms with van der Waals surface area (Å²) in [6, 6.07) is 7.32. The molecule has 2 aromatic rings. The summed E-state index contributed by atoms with van der Waals surface area (Å²) in [4.78, 5) is 11.3. The molecule has 1 heterocycles. The van der Waals surface area contributed by atoms with Crippen LogP contribution in [0.2, 0.25) is 0 Å². The first-order chi connectivity index (χ1) is 9.17. The normalized spacial score (nSPS) is 12.6. The van der Waals surface area contributed by atoms with Gasteiger partial charge in [0.25, 0.3) is 5.91 Å². The minimum Gasteiger partial charge on any atom is -0.347 e. The maximum absolute atomic E-state index is 11.3. The van der Waals surface area contributed by atoms with Crippen LogP contribution in [0.3, 0.4) is 0 Å². The maximum Gasteiger partial charge on any atom is 0.260 e. The second-order valence-corrected chi connectivity index (χ2v) is 4.65. The van der Waals surface area contributed by atoms with E-state index in [9.17, 15) is 4.79 Å². The molecule has 1 amide bonds. The van der Waals surface area contributed by atoms with Crippen molar-refractivity contribution in [3.8, 4) is 0 Å². The zero-order chi connectivity index (χ0) is 13.8. The van der Waals surface area contributed by atoms with Crippen molar-refractivity contribution in [2.24, 2.45) is 5.73 Å². The van der Waals surface area contributed by atoms with Crippen molar-refractivity contribution >= 4 is 16.8 Å². The molecule has 5 heteroatoms. The number of nitrogens with one attached hydrogen (secondary N) is 1. The summed E-state index contributed by atoms with van der Waals surface area (Å²) in [5, 5.41) is 9.71. The molecule has 102 valence electrons. The highest BCUT2D eigenvalue weighted by molar-refractivity contribution is 5.86. The Balaban J connectivity index is 2.35. The van der Waals surface area contributed by atoms with Crippen molar-refractivity contribution in [1.82, 2.24) is 10.0 Å². The number of carbonyl (C=O) groups is 1. The zero-order valence-corrected chi connectivity index (χ0v) is 11.0. The number of aryl methyl sites for hydroxylation is 1. The molecule has 4 N–H and O–H groups in total. The van der Waals surface area contributed by atoms with E-state index in [1.54, 1.807) is 5.48 Å². The predicted octanol–water partition coefficient (Wildman–Crippen LogP) is 1.43. The Morgan fingerprint density at radius 2 is 2.21 bits per heavy atom. The minimum absolute atomic E-state index is 0.406. The van der Waals surface area contributed by atoms with Gasteiger partial charge in [-0.15, -0.1) is 0 Å². The Labute approximate surface area is 112 Å². The van der Waals surface area contributed by atoms with E-state index in [1.165, 1.54) is 0 Å². The molecular weight excluding hydrogens is 242 g/mol. The Hall–Kier alpha value is -1.85. The average Bonchev–Trinajstić information content (AvgIpc) is 2.77. The maximum atomic E-state index is 11.3. The van der Waals surface area contributed by atoms with E-state index in [1.807, 2.05) is 24.4 Å². The topological polar surface area (TPSA) is 80.3 Å². The lowest BCUT2D eigenvalue weighted by Gasteiger charge is -2.07. The molecule has 0 bridgehead atoms. The van der Waals surface area contributed by atoms with Crippen molar-refractivity contribution in [2.75, 3.05) is 0 Å². The smallest absolute Gasteiger partial charge is 0.260 e. The quantitative estimate of drug-likeness (QED) is 0.562. The van der Waals surface area contributed by atoms with Gasteiger partial charge in [-0.25, -0.2) is 5.48 Å². The summed E-state index contributed by atoms with van der Waals surface area (Å²) in [6.07, 6.45) is 3.49. The van der Waals surface area contributed by atoms with Gasteiger partial charge in [0.05, 0.1) is 6.04 Å². The van der Waals surface area contributed by atoms with Crippen LogP contribution in [0.4, 0.5) is 0 Å². The Morgan fingerprint density at radius 3 is 2.89 bits per heavy atom. The van der Waals surface area contributed by atoms with Gasteiger partial charge in [0.2, 0.25) is 0 Å². The van der Waals surface area contributed by atoms with E-state index in [2.05, 4.69) is 17.6 Å².